The van der Waals surface area contributed by atoms with Crippen LogP contribution in [0.3, 0.4) is 0 Å². The molecule has 1 aliphatic carbocycles. The molecule has 0 spiro atoms. The topological polar surface area (TPSA) is 71.4 Å². The lowest BCUT2D eigenvalue weighted by Gasteiger charge is -2.11. The molecular weight excluding hydrogens is 216 g/mol. The van der Waals surface area contributed by atoms with Gasteiger partial charge >= 0.3 is 0 Å². The molecule has 0 heterocycles. The quantitative estimate of drug-likeness (QED) is 0.578. The van der Waals surface area contributed by atoms with E-state index >= 15 is 0 Å². The Morgan fingerprint density at radius 1 is 1.27 bits per heavy atom. The van der Waals surface area contributed by atoms with Crippen LogP contribution in [0.25, 0.3) is 0 Å². The maximum absolute atomic E-state index is 11.1. The molecule has 4 nitrogen and oxygen atoms in total. The zero-order valence-corrected chi connectivity index (χ0v) is 9.42. The van der Waals surface area contributed by atoms with Gasteiger partial charge in [-0.15, -0.1) is 0 Å². The largest absolute Gasteiger partial charge is 0.295 e. The van der Waals surface area contributed by atoms with Crippen LogP contribution in [0.4, 0.5) is 0 Å². The molecule has 0 unspecified atom stereocenters. The van der Waals surface area contributed by atoms with Gasteiger partial charge in [0.2, 0.25) is 0 Å². The summed E-state index contributed by atoms with van der Waals surface area (Å²) < 4.78 is 29.3. The van der Waals surface area contributed by atoms with E-state index in [0.29, 0.717) is 19.3 Å². The average molecular weight is 232 g/mol. The van der Waals surface area contributed by atoms with Gasteiger partial charge in [0, 0.05) is 6.42 Å². The number of carbonyl (C=O) groups excluding carboxylic acids is 1. The van der Waals surface area contributed by atoms with Crippen LogP contribution in [0.1, 0.15) is 38.5 Å². The molecule has 0 aromatic rings. The number of carbonyl (C=O) groups is 1. The molecule has 0 aromatic heterocycles. The molecule has 1 rings (SSSR count). The van der Waals surface area contributed by atoms with Crippen LogP contribution < -0.4 is 0 Å². The lowest BCUT2D eigenvalue weighted by molar-refractivity contribution is -0.115. The van der Waals surface area contributed by atoms with Crippen LogP contribution in [0.2, 0.25) is 0 Å². The van der Waals surface area contributed by atoms with Crippen molar-refractivity contribution in [2.75, 3.05) is 5.75 Å². The fourth-order valence-electron chi connectivity index (χ4n) is 1.70. The Kier molecular flexibility index (Phi) is 4.47. The van der Waals surface area contributed by atoms with Gasteiger partial charge in [0.15, 0.2) is 5.78 Å². The predicted octanol–water partition coefficient (Wildman–Crippen LogP) is 1.72. The minimum atomic E-state index is -3.82. The summed E-state index contributed by atoms with van der Waals surface area (Å²) in [4.78, 5) is 11.1. The minimum Gasteiger partial charge on any atom is -0.295 e. The summed E-state index contributed by atoms with van der Waals surface area (Å²) in [6.07, 6.45) is 6.08. The Morgan fingerprint density at radius 2 is 2.00 bits per heavy atom. The monoisotopic (exact) mass is 232 g/mol. The molecular formula is C10H16O4S. The highest BCUT2D eigenvalue weighted by Gasteiger charge is 2.10. The molecule has 0 amide bonds. The van der Waals surface area contributed by atoms with Gasteiger partial charge in [0.1, 0.15) is 0 Å². The number of hydrogen-bond acceptors (Lipinski definition) is 3. The lowest BCUT2D eigenvalue weighted by atomic mass is 9.95. The van der Waals surface area contributed by atoms with Gasteiger partial charge in [-0.3, -0.25) is 9.35 Å². The van der Waals surface area contributed by atoms with Crippen molar-refractivity contribution < 1.29 is 17.8 Å². The second-order valence-electron chi connectivity index (χ2n) is 3.87. The van der Waals surface area contributed by atoms with Crippen LogP contribution in [0.15, 0.2) is 11.6 Å². The zero-order chi connectivity index (χ0) is 11.3. The molecule has 1 N–H and O–H groups in total. The van der Waals surface area contributed by atoms with Gasteiger partial charge in [0.25, 0.3) is 10.1 Å². The second-order valence-corrected chi connectivity index (χ2v) is 5.44. The minimum absolute atomic E-state index is 0.172. The molecule has 0 bridgehead atoms. The number of unbranched alkanes of at least 4 members (excludes halogenated alkanes) is 1. The van der Waals surface area contributed by atoms with E-state index in [4.69, 9.17) is 4.55 Å². The Labute approximate surface area is 90.1 Å². The normalized spacial score (nSPS) is 17.7. The first kappa shape index (κ1) is 12.4. The summed E-state index contributed by atoms with van der Waals surface area (Å²) in [6.45, 7) is 0. The molecule has 0 saturated carbocycles. The van der Waals surface area contributed by atoms with E-state index in [2.05, 4.69) is 0 Å². The summed E-state index contributed by atoms with van der Waals surface area (Å²) in [5.74, 6) is -0.0140. The molecule has 0 aliphatic heterocycles. The van der Waals surface area contributed by atoms with E-state index in [-0.39, 0.29) is 11.5 Å². The SMILES string of the molecule is O=C1C=C(CCCCS(=O)(=O)O)CCC1. The van der Waals surface area contributed by atoms with Crippen LogP contribution in [-0.2, 0) is 14.9 Å². The van der Waals surface area contributed by atoms with Crippen molar-refractivity contribution in [2.45, 2.75) is 38.5 Å². The third-order valence-electron chi connectivity index (χ3n) is 2.44. The van der Waals surface area contributed by atoms with E-state index in [9.17, 15) is 13.2 Å². The first-order valence-electron chi connectivity index (χ1n) is 5.15. The number of rotatable bonds is 5. The number of ketones is 1. The third-order valence-corrected chi connectivity index (χ3v) is 3.24. The molecule has 0 radical (unpaired) electrons. The Morgan fingerprint density at radius 3 is 2.60 bits per heavy atom. The molecule has 86 valence electrons. The van der Waals surface area contributed by atoms with E-state index in [1.807, 2.05) is 0 Å². The maximum Gasteiger partial charge on any atom is 0.264 e. The highest BCUT2D eigenvalue weighted by Crippen LogP contribution is 2.20. The summed E-state index contributed by atoms with van der Waals surface area (Å²) in [6, 6.07) is 0. The van der Waals surface area contributed by atoms with Crippen molar-refractivity contribution in [3.63, 3.8) is 0 Å². The van der Waals surface area contributed by atoms with Gasteiger partial charge in [-0.1, -0.05) is 5.57 Å². The van der Waals surface area contributed by atoms with Gasteiger partial charge in [-0.2, -0.15) is 8.42 Å². The lowest BCUT2D eigenvalue weighted by Crippen LogP contribution is -2.05. The molecule has 1 aliphatic rings. The predicted molar refractivity (Wildman–Crippen MR) is 57.2 cm³/mol. The third kappa shape index (κ3) is 5.69. The standard InChI is InChI=1S/C10H16O4S/c11-10-6-3-5-9(8-10)4-1-2-7-15(12,13)14/h8H,1-7H2,(H,12,13,14). The fourth-order valence-corrected chi connectivity index (χ4v) is 2.26. The van der Waals surface area contributed by atoms with Crippen molar-refractivity contribution in [3.8, 4) is 0 Å². The fraction of sp³-hybridized carbons (Fsp3) is 0.700. The highest BCUT2D eigenvalue weighted by molar-refractivity contribution is 7.85. The van der Waals surface area contributed by atoms with Crippen LogP contribution in [0, 0.1) is 0 Å². The molecule has 15 heavy (non-hydrogen) atoms. The molecule has 0 saturated heterocycles. The average Bonchev–Trinajstić information content (AvgIpc) is 2.11. The Bertz CT molecular complexity index is 354. The van der Waals surface area contributed by atoms with E-state index < -0.39 is 10.1 Å². The van der Waals surface area contributed by atoms with Crippen molar-refractivity contribution in [1.82, 2.24) is 0 Å². The second kappa shape index (κ2) is 5.42. The zero-order valence-electron chi connectivity index (χ0n) is 8.61. The first-order chi connectivity index (χ1) is 6.97. The van der Waals surface area contributed by atoms with Crippen molar-refractivity contribution >= 4 is 15.9 Å². The Balaban J connectivity index is 2.23. The van der Waals surface area contributed by atoms with Crippen LogP contribution in [0.5, 0.6) is 0 Å². The number of hydrogen-bond donors (Lipinski definition) is 1. The summed E-state index contributed by atoms with van der Waals surface area (Å²) >= 11 is 0. The van der Waals surface area contributed by atoms with Crippen LogP contribution in [-0.4, -0.2) is 24.5 Å². The van der Waals surface area contributed by atoms with Gasteiger partial charge < -0.3 is 0 Å². The van der Waals surface area contributed by atoms with E-state index in [0.717, 1.165) is 24.8 Å². The van der Waals surface area contributed by atoms with Gasteiger partial charge in [0.05, 0.1) is 5.75 Å². The number of allylic oxidation sites excluding steroid dienone is 2. The summed E-state index contributed by atoms with van der Waals surface area (Å²) in [7, 11) is -3.82. The maximum atomic E-state index is 11.1. The molecule has 5 heteroatoms. The molecule has 0 atom stereocenters. The van der Waals surface area contributed by atoms with Crippen molar-refractivity contribution in [3.05, 3.63) is 11.6 Å². The molecule has 0 fully saturated rings. The van der Waals surface area contributed by atoms with Crippen molar-refractivity contribution in [1.29, 1.82) is 0 Å². The molecule has 0 aromatic carbocycles. The smallest absolute Gasteiger partial charge is 0.264 e. The highest BCUT2D eigenvalue weighted by atomic mass is 32.2. The first-order valence-corrected chi connectivity index (χ1v) is 6.76. The Hall–Kier alpha value is -0.680. The van der Waals surface area contributed by atoms with E-state index in [1.54, 1.807) is 6.08 Å². The summed E-state index contributed by atoms with van der Waals surface area (Å²) in [5.41, 5.74) is 1.11. The summed E-state index contributed by atoms with van der Waals surface area (Å²) in [5, 5.41) is 0. The van der Waals surface area contributed by atoms with E-state index in [1.165, 1.54) is 0 Å². The van der Waals surface area contributed by atoms with Gasteiger partial charge in [-0.25, -0.2) is 0 Å². The van der Waals surface area contributed by atoms with Crippen LogP contribution >= 0.6 is 0 Å². The van der Waals surface area contributed by atoms with Gasteiger partial charge in [-0.05, 0) is 38.2 Å². The van der Waals surface area contributed by atoms with Crippen molar-refractivity contribution in [2.24, 2.45) is 0 Å².